The van der Waals surface area contributed by atoms with Gasteiger partial charge in [0.05, 0.1) is 4.70 Å². The van der Waals surface area contributed by atoms with Crippen molar-refractivity contribution >= 4 is 27.3 Å². The summed E-state index contributed by atoms with van der Waals surface area (Å²) in [6, 6.07) is 4.23. The van der Waals surface area contributed by atoms with E-state index in [0.29, 0.717) is 17.8 Å². The number of aromatic nitrogens is 1. The van der Waals surface area contributed by atoms with E-state index >= 15 is 0 Å². The van der Waals surface area contributed by atoms with Crippen LogP contribution in [0.3, 0.4) is 0 Å². The molecule has 0 spiro atoms. The zero-order valence-corrected chi connectivity index (χ0v) is 11.5. The van der Waals surface area contributed by atoms with Gasteiger partial charge in [-0.15, -0.1) is 11.3 Å². The number of nitrogens with one attached hydrogen (secondary N) is 2. The third-order valence-corrected chi connectivity index (χ3v) is 5.10. The van der Waals surface area contributed by atoms with E-state index in [0.717, 1.165) is 34.3 Å². The molecule has 2 N–H and O–H groups in total. The molecule has 2 aliphatic heterocycles. The van der Waals surface area contributed by atoms with Crippen molar-refractivity contribution in [2.75, 3.05) is 0 Å². The molecule has 0 radical (unpaired) electrons. The number of carbonyl (C=O) groups excluding carboxylic acids is 1. The molecule has 2 aromatic rings. The van der Waals surface area contributed by atoms with Crippen LogP contribution in [-0.2, 0) is 0 Å². The van der Waals surface area contributed by atoms with Crippen molar-refractivity contribution in [1.82, 2.24) is 15.6 Å². The number of nitrogens with zero attached hydrogens (tertiary/aromatic N) is 1. The Morgan fingerprint density at radius 1 is 1.45 bits per heavy atom. The summed E-state index contributed by atoms with van der Waals surface area (Å²) in [6.07, 6.45) is 4.88. The second-order valence-electron chi connectivity index (χ2n) is 5.52. The lowest BCUT2D eigenvalue weighted by atomic mass is 9.95. The molecule has 6 heteroatoms. The van der Waals surface area contributed by atoms with Gasteiger partial charge in [-0.1, -0.05) is 0 Å². The molecule has 20 heavy (non-hydrogen) atoms. The summed E-state index contributed by atoms with van der Waals surface area (Å²) >= 11 is 1.04. The van der Waals surface area contributed by atoms with Gasteiger partial charge in [-0.05, 0) is 36.8 Å². The van der Waals surface area contributed by atoms with Crippen LogP contribution in [-0.4, -0.2) is 29.0 Å². The first-order valence-electron chi connectivity index (χ1n) is 6.81. The second-order valence-corrected chi connectivity index (χ2v) is 6.55. The fourth-order valence-electron chi connectivity index (χ4n) is 3.26. The highest BCUT2D eigenvalue weighted by molar-refractivity contribution is 7.17. The molecule has 4 heterocycles. The molecule has 1 amide bonds. The zero-order valence-electron chi connectivity index (χ0n) is 10.7. The standard InChI is InChI=1S/C14H14FN3OS/c15-13-4-7-3-11(16-6-12(7)20-13)14(19)18-10-5-8-1-2-9(10)17-8/h3-4,6,8-10,17H,1-2,5H2,(H,18,19)/t8-,9+,10-/m1/s1. The van der Waals surface area contributed by atoms with E-state index in [1.807, 2.05) is 0 Å². The summed E-state index contributed by atoms with van der Waals surface area (Å²) in [5.74, 6) is -0.169. The fourth-order valence-corrected chi connectivity index (χ4v) is 4.00. The van der Waals surface area contributed by atoms with Crippen LogP contribution < -0.4 is 10.6 Å². The maximum atomic E-state index is 13.2. The fraction of sp³-hybridized carbons (Fsp3) is 0.429. The molecule has 4 rings (SSSR count). The lowest BCUT2D eigenvalue weighted by Gasteiger charge is -2.21. The van der Waals surface area contributed by atoms with Crippen molar-refractivity contribution in [2.45, 2.75) is 37.4 Å². The Bertz CT molecular complexity index is 686. The summed E-state index contributed by atoms with van der Waals surface area (Å²) in [4.78, 5) is 16.4. The van der Waals surface area contributed by atoms with Gasteiger partial charge < -0.3 is 10.6 Å². The van der Waals surface area contributed by atoms with Gasteiger partial charge >= 0.3 is 0 Å². The van der Waals surface area contributed by atoms with Gasteiger partial charge in [-0.25, -0.2) is 4.98 Å². The molecule has 2 fully saturated rings. The van der Waals surface area contributed by atoms with Crippen molar-refractivity contribution in [3.05, 3.63) is 29.2 Å². The Morgan fingerprint density at radius 2 is 2.35 bits per heavy atom. The Labute approximate surface area is 119 Å². The Balaban J connectivity index is 1.54. The minimum atomic E-state index is -0.253. The number of pyridine rings is 1. The highest BCUT2D eigenvalue weighted by atomic mass is 32.1. The minimum absolute atomic E-state index is 0.169. The first-order chi connectivity index (χ1) is 9.69. The maximum Gasteiger partial charge on any atom is 0.270 e. The van der Waals surface area contributed by atoms with Crippen LogP contribution in [0, 0.1) is 5.13 Å². The van der Waals surface area contributed by atoms with E-state index in [9.17, 15) is 9.18 Å². The average molecular weight is 291 g/mol. The van der Waals surface area contributed by atoms with E-state index in [4.69, 9.17) is 0 Å². The summed E-state index contributed by atoms with van der Waals surface area (Å²) in [7, 11) is 0. The number of hydrogen-bond acceptors (Lipinski definition) is 4. The summed E-state index contributed by atoms with van der Waals surface area (Å²) in [5, 5.41) is 7.01. The maximum absolute atomic E-state index is 13.2. The van der Waals surface area contributed by atoms with Crippen molar-refractivity contribution in [3.63, 3.8) is 0 Å². The van der Waals surface area contributed by atoms with Gasteiger partial charge in [0.15, 0.2) is 5.13 Å². The number of amides is 1. The normalized spacial score (nSPS) is 28.1. The summed E-state index contributed by atoms with van der Waals surface area (Å²) in [6.45, 7) is 0. The molecule has 0 unspecified atom stereocenters. The van der Waals surface area contributed by atoms with Crippen LogP contribution in [0.15, 0.2) is 18.3 Å². The van der Waals surface area contributed by atoms with E-state index in [1.165, 1.54) is 12.5 Å². The molecule has 0 aliphatic carbocycles. The zero-order chi connectivity index (χ0) is 13.7. The number of carbonyl (C=O) groups is 1. The third-order valence-electron chi connectivity index (χ3n) is 4.22. The van der Waals surface area contributed by atoms with Gasteiger partial charge in [0.2, 0.25) is 0 Å². The van der Waals surface area contributed by atoms with E-state index in [2.05, 4.69) is 15.6 Å². The SMILES string of the molecule is O=C(N[C@@H]1C[C@H]2CC[C@@H]1N2)c1cc2cc(F)sc2cn1. The Kier molecular flexibility index (Phi) is 2.75. The van der Waals surface area contributed by atoms with Gasteiger partial charge in [0.25, 0.3) is 5.91 Å². The molecule has 2 bridgehead atoms. The van der Waals surface area contributed by atoms with E-state index in [-0.39, 0.29) is 17.1 Å². The van der Waals surface area contributed by atoms with Crippen molar-refractivity contribution < 1.29 is 9.18 Å². The summed E-state index contributed by atoms with van der Waals surface area (Å²) < 4.78 is 13.9. The number of hydrogen-bond donors (Lipinski definition) is 2. The van der Waals surface area contributed by atoms with Crippen molar-refractivity contribution in [3.8, 4) is 0 Å². The molecule has 0 aromatic carbocycles. The second kappa shape index (κ2) is 4.49. The topological polar surface area (TPSA) is 54.0 Å². The molecular formula is C14H14FN3OS. The Morgan fingerprint density at radius 3 is 3.10 bits per heavy atom. The lowest BCUT2D eigenvalue weighted by molar-refractivity contribution is 0.0926. The first-order valence-corrected chi connectivity index (χ1v) is 7.63. The molecule has 3 atom stereocenters. The molecule has 2 aliphatic rings. The lowest BCUT2D eigenvalue weighted by Crippen LogP contribution is -2.43. The van der Waals surface area contributed by atoms with Crippen molar-refractivity contribution in [1.29, 1.82) is 0 Å². The van der Waals surface area contributed by atoms with Crippen LogP contribution in [0.2, 0.25) is 0 Å². The predicted molar refractivity (Wildman–Crippen MR) is 75.4 cm³/mol. The highest BCUT2D eigenvalue weighted by Crippen LogP contribution is 2.28. The summed E-state index contributed by atoms with van der Waals surface area (Å²) in [5.41, 5.74) is 0.359. The van der Waals surface area contributed by atoms with Gasteiger partial charge in [0.1, 0.15) is 5.69 Å². The van der Waals surface area contributed by atoms with Crippen molar-refractivity contribution in [2.24, 2.45) is 0 Å². The average Bonchev–Trinajstić information content (AvgIpc) is 3.10. The minimum Gasteiger partial charge on any atom is -0.346 e. The van der Waals surface area contributed by atoms with Crippen LogP contribution in [0.25, 0.3) is 10.1 Å². The molecule has 104 valence electrons. The Hall–Kier alpha value is -1.53. The smallest absolute Gasteiger partial charge is 0.270 e. The van der Waals surface area contributed by atoms with E-state index in [1.54, 1.807) is 12.3 Å². The van der Waals surface area contributed by atoms with Crippen LogP contribution in [0.4, 0.5) is 4.39 Å². The first kappa shape index (κ1) is 12.2. The monoisotopic (exact) mass is 291 g/mol. The number of rotatable bonds is 2. The van der Waals surface area contributed by atoms with E-state index < -0.39 is 0 Å². The predicted octanol–water partition coefficient (Wildman–Crippen LogP) is 2.06. The third kappa shape index (κ3) is 1.99. The molecular weight excluding hydrogens is 277 g/mol. The van der Waals surface area contributed by atoms with Gasteiger partial charge in [-0.3, -0.25) is 4.79 Å². The van der Waals surface area contributed by atoms with Crippen LogP contribution in [0.1, 0.15) is 29.8 Å². The number of halogens is 1. The molecule has 4 nitrogen and oxygen atoms in total. The quantitative estimate of drug-likeness (QED) is 0.890. The van der Waals surface area contributed by atoms with Crippen LogP contribution >= 0.6 is 11.3 Å². The van der Waals surface area contributed by atoms with Gasteiger partial charge in [0, 0.05) is 24.3 Å². The molecule has 2 saturated heterocycles. The number of thiophene rings is 1. The number of fused-ring (bicyclic) bond motifs is 3. The largest absolute Gasteiger partial charge is 0.346 e. The molecule has 0 saturated carbocycles. The highest BCUT2D eigenvalue weighted by Gasteiger charge is 2.39. The van der Waals surface area contributed by atoms with Gasteiger partial charge in [-0.2, -0.15) is 4.39 Å². The van der Waals surface area contributed by atoms with Crippen LogP contribution in [0.5, 0.6) is 0 Å². The molecule has 2 aromatic heterocycles.